The Morgan fingerprint density at radius 3 is 2.37 bits per heavy atom. The number of aromatic nitrogens is 4. The van der Waals surface area contributed by atoms with Gasteiger partial charge in [0.1, 0.15) is 0 Å². The summed E-state index contributed by atoms with van der Waals surface area (Å²) in [5.74, 6) is 0.573. The molecule has 0 radical (unpaired) electrons. The fraction of sp³-hybridized carbons (Fsp3) is 0.310. The molecule has 1 amide bonds. The van der Waals surface area contributed by atoms with E-state index in [-0.39, 0.29) is 22.9 Å². The Bertz CT molecular complexity index is 1560. The van der Waals surface area contributed by atoms with E-state index in [9.17, 15) is 9.36 Å². The van der Waals surface area contributed by atoms with Crippen molar-refractivity contribution >= 4 is 31.2 Å². The van der Waals surface area contributed by atoms with Crippen molar-refractivity contribution < 1.29 is 23.7 Å². The van der Waals surface area contributed by atoms with Crippen LogP contribution in [0.15, 0.2) is 71.6 Å². The number of hydrogen-bond donors (Lipinski definition) is 3. The smallest absolute Gasteiger partial charge is 0.325 e. The van der Waals surface area contributed by atoms with Gasteiger partial charge in [-0.3, -0.25) is 9.32 Å². The molecule has 3 N–H and O–H groups in total. The number of carbonyl (C=O) groups excluding carboxylic acids is 1. The summed E-state index contributed by atoms with van der Waals surface area (Å²) in [4.78, 5) is 32.4. The maximum absolute atomic E-state index is 13.2. The molecule has 12 heteroatoms. The Hall–Kier alpha value is -3.34. The fourth-order valence-electron chi connectivity index (χ4n) is 4.16. The van der Waals surface area contributed by atoms with Crippen molar-refractivity contribution in [1.29, 1.82) is 0 Å². The number of phosphoric acid groups is 1. The van der Waals surface area contributed by atoms with Crippen LogP contribution in [0.1, 0.15) is 51.7 Å². The van der Waals surface area contributed by atoms with Crippen LogP contribution in [-0.2, 0) is 27.0 Å². The molecule has 0 aliphatic carbocycles. The molecule has 0 saturated carbocycles. The largest absolute Gasteiger partial charge is 0.471 e. The molecule has 3 aromatic carbocycles. The highest BCUT2D eigenvalue weighted by atomic mass is 32.2. The maximum atomic E-state index is 13.2. The number of carbonyl (C=O) groups is 1. The summed E-state index contributed by atoms with van der Waals surface area (Å²) in [7, 11) is -4.72. The lowest BCUT2D eigenvalue weighted by atomic mass is 9.98. The second kappa shape index (κ2) is 12.7. The minimum absolute atomic E-state index is 0.0908. The van der Waals surface area contributed by atoms with Crippen molar-refractivity contribution in [2.75, 3.05) is 5.32 Å². The van der Waals surface area contributed by atoms with Gasteiger partial charge >= 0.3 is 7.82 Å². The Labute approximate surface area is 243 Å². The number of benzene rings is 3. The molecule has 0 spiro atoms. The lowest BCUT2D eigenvalue weighted by Crippen LogP contribution is -2.16. The van der Waals surface area contributed by atoms with Crippen molar-refractivity contribution in [2.24, 2.45) is 0 Å². The van der Waals surface area contributed by atoms with Gasteiger partial charge in [0.2, 0.25) is 5.91 Å². The molecule has 216 valence electrons. The van der Waals surface area contributed by atoms with Crippen LogP contribution >= 0.6 is 19.6 Å². The first-order valence-electron chi connectivity index (χ1n) is 13.1. The predicted octanol–water partition coefficient (Wildman–Crippen LogP) is 6.27. The van der Waals surface area contributed by atoms with E-state index in [0.29, 0.717) is 17.2 Å². The van der Waals surface area contributed by atoms with Crippen molar-refractivity contribution in [3.05, 3.63) is 77.9 Å². The van der Waals surface area contributed by atoms with Gasteiger partial charge in [0.05, 0.1) is 12.1 Å². The number of tetrazole rings is 1. The number of amides is 1. The van der Waals surface area contributed by atoms with Crippen LogP contribution < -0.4 is 5.32 Å². The van der Waals surface area contributed by atoms with Crippen molar-refractivity contribution in [3.8, 4) is 22.5 Å². The first-order chi connectivity index (χ1) is 19.3. The molecule has 0 saturated heterocycles. The molecule has 4 rings (SSSR count). The number of nitrogens with zero attached hydrogens (tertiary/aromatic N) is 4. The molecule has 1 aromatic heterocycles. The van der Waals surface area contributed by atoms with Crippen molar-refractivity contribution in [1.82, 2.24) is 20.2 Å². The third kappa shape index (κ3) is 8.58. The summed E-state index contributed by atoms with van der Waals surface area (Å²) < 4.78 is 16.9. The molecular weight excluding hydrogens is 561 g/mol. The standard InChI is InChI=1S/C29H34N5O5PS/c1-19(2)21-12-10-20(11-13-21)16-27(35)30-25-17-22(14-15-26(25)41-29(3,4)5)23-8-6-7-9-24(23)28-31-32-33-34(28)18-39-40(36,37)38/h6-15,17,19H,16,18H2,1-5H3,(H,30,35)(H2,36,37,38). The van der Waals surface area contributed by atoms with Gasteiger partial charge in [-0.25, -0.2) is 4.57 Å². The molecule has 0 aliphatic rings. The minimum atomic E-state index is -4.72. The second-order valence-corrected chi connectivity index (χ2v) is 14.0. The highest BCUT2D eigenvalue weighted by Crippen LogP contribution is 2.41. The summed E-state index contributed by atoms with van der Waals surface area (Å²) >= 11 is 1.66. The molecular formula is C29H34N5O5PS. The molecule has 4 aromatic rings. The molecule has 10 nitrogen and oxygen atoms in total. The second-order valence-electron chi connectivity index (χ2n) is 10.8. The third-order valence-electron chi connectivity index (χ3n) is 6.04. The summed E-state index contributed by atoms with van der Waals surface area (Å²) in [5, 5.41) is 14.7. The van der Waals surface area contributed by atoms with E-state index in [1.165, 1.54) is 10.2 Å². The highest BCUT2D eigenvalue weighted by Gasteiger charge is 2.21. The number of thioether (sulfide) groups is 1. The monoisotopic (exact) mass is 595 g/mol. The topological polar surface area (TPSA) is 139 Å². The summed E-state index contributed by atoms with van der Waals surface area (Å²) in [6, 6.07) is 21.4. The zero-order chi connectivity index (χ0) is 29.8. The van der Waals surface area contributed by atoms with E-state index in [0.717, 1.165) is 21.6 Å². The van der Waals surface area contributed by atoms with Crippen LogP contribution in [0.5, 0.6) is 0 Å². The number of nitrogens with one attached hydrogen (secondary N) is 1. The van der Waals surface area contributed by atoms with Gasteiger partial charge < -0.3 is 15.1 Å². The van der Waals surface area contributed by atoms with E-state index in [1.54, 1.807) is 11.8 Å². The predicted molar refractivity (Wildman–Crippen MR) is 160 cm³/mol. The van der Waals surface area contributed by atoms with Gasteiger partial charge in [-0.15, -0.1) is 16.9 Å². The van der Waals surface area contributed by atoms with Crippen LogP contribution in [0, 0.1) is 0 Å². The van der Waals surface area contributed by atoms with Crippen LogP contribution in [-0.4, -0.2) is 40.6 Å². The van der Waals surface area contributed by atoms with Crippen LogP contribution in [0.4, 0.5) is 5.69 Å². The van der Waals surface area contributed by atoms with Gasteiger partial charge in [0, 0.05) is 15.2 Å². The number of anilines is 1. The molecule has 0 bridgehead atoms. The third-order valence-corrected chi connectivity index (χ3v) is 7.68. The average molecular weight is 596 g/mol. The van der Waals surface area contributed by atoms with Gasteiger partial charge in [0.25, 0.3) is 0 Å². The molecule has 0 unspecified atom stereocenters. The van der Waals surface area contributed by atoms with Crippen LogP contribution in [0.2, 0.25) is 0 Å². The first-order valence-corrected chi connectivity index (χ1v) is 15.4. The highest BCUT2D eigenvalue weighted by molar-refractivity contribution is 8.00. The molecule has 0 aliphatic heterocycles. The Kier molecular flexibility index (Phi) is 9.46. The van der Waals surface area contributed by atoms with Crippen LogP contribution in [0.25, 0.3) is 22.5 Å². The normalized spacial score (nSPS) is 12.1. The fourth-order valence-corrected chi connectivity index (χ4v) is 5.43. The number of rotatable bonds is 10. The van der Waals surface area contributed by atoms with Gasteiger partial charge in [-0.2, -0.15) is 4.68 Å². The van der Waals surface area contributed by atoms with Crippen molar-refractivity contribution in [3.63, 3.8) is 0 Å². The molecule has 0 atom stereocenters. The average Bonchev–Trinajstić information content (AvgIpc) is 3.36. The Balaban J connectivity index is 1.67. The summed E-state index contributed by atoms with van der Waals surface area (Å²) in [6.07, 6.45) is 0.243. The lowest BCUT2D eigenvalue weighted by Gasteiger charge is -2.21. The SMILES string of the molecule is CC(C)c1ccc(CC(=O)Nc2cc(-c3ccccc3-c3nnnn3COP(=O)(O)O)ccc2SC(C)(C)C)cc1. The van der Waals surface area contributed by atoms with Crippen molar-refractivity contribution in [2.45, 2.75) is 63.3 Å². The van der Waals surface area contributed by atoms with Gasteiger partial charge in [-0.05, 0) is 50.7 Å². The summed E-state index contributed by atoms with van der Waals surface area (Å²) in [6.45, 7) is 10.1. The van der Waals surface area contributed by atoms with E-state index in [4.69, 9.17) is 9.79 Å². The molecule has 0 fully saturated rings. The van der Waals surface area contributed by atoms with Gasteiger partial charge in [-0.1, -0.05) is 89.2 Å². The van der Waals surface area contributed by atoms with Gasteiger partial charge in [0.15, 0.2) is 12.6 Å². The first kappa shape index (κ1) is 30.6. The molecule has 41 heavy (non-hydrogen) atoms. The Morgan fingerprint density at radius 2 is 1.73 bits per heavy atom. The van der Waals surface area contributed by atoms with E-state index in [2.05, 4.69) is 72.1 Å². The van der Waals surface area contributed by atoms with Crippen LogP contribution in [0.3, 0.4) is 0 Å². The summed E-state index contributed by atoms with van der Waals surface area (Å²) in [5.41, 5.74) is 5.05. The Morgan fingerprint density at radius 1 is 1.05 bits per heavy atom. The number of hydrogen-bond acceptors (Lipinski definition) is 7. The number of phosphoric ester groups is 1. The molecule has 1 heterocycles. The zero-order valence-electron chi connectivity index (χ0n) is 23.6. The minimum Gasteiger partial charge on any atom is -0.325 e. The van der Waals surface area contributed by atoms with E-state index < -0.39 is 14.6 Å². The van der Waals surface area contributed by atoms with E-state index >= 15 is 0 Å². The maximum Gasteiger partial charge on any atom is 0.471 e. The lowest BCUT2D eigenvalue weighted by molar-refractivity contribution is -0.115. The quantitative estimate of drug-likeness (QED) is 0.143. The zero-order valence-corrected chi connectivity index (χ0v) is 25.3. The van der Waals surface area contributed by atoms with E-state index in [1.807, 2.05) is 54.6 Å².